The highest BCUT2D eigenvalue weighted by Gasteiger charge is 2.62. The molecule has 2 aromatic carbocycles. The lowest BCUT2D eigenvalue weighted by atomic mass is 9.84. The molecule has 288 valence electrons. The summed E-state index contributed by atoms with van der Waals surface area (Å²) in [5.41, 5.74) is 5.37. The number of alkyl halides is 5. The van der Waals surface area contributed by atoms with E-state index in [1.807, 2.05) is 13.8 Å². The summed E-state index contributed by atoms with van der Waals surface area (Å²) in [6.45, 7) is 2.78. The zero-order chi connectivity index (χ0) is 40.0. The monoisotopic (exact) mass is 795 g/mol. The number of hydrogen-bond acceptors (Lipinski definition) is 6. The van der Waals surface area contributed by atoms with Gasteiger partial charge in [0.25, 0.3) is 0 Å². The third-order valence-corrected chi connectivity index (χ3v) is 10.2. The van der Waals surface area contributed by atoms with Crippen molar-refractivity contribution < 1.29 is 35.5 Å². The molecule has 0 aliphatic heterocycles. The summed E-state index contributed by atoms with van der Waals surface area (Å²) in [5.74, 6) is -5.03. The normalized spacial score (nSPS) is 17.4. The number of rotatable bonds is 9. The van der Waals surface area contributed by atoms with Gasteiger partial charge in [0.2, 0.25) is 5.91 Å². The number of hydrogen-bond donors (Lipinski definition) is 2. The number of amides is 1. The Labute approximate surface area is 318 Å². The molecule has 2 aliphatic rings. The summed E-state index contributed by atoms with van der Waals surface area (Å²) in [6.07, 6.45) is -2.09. The lowest BCUT2D eigenvalue weighted by molar-refractivity contribution is -0.142. The van der Waals surface area contributed by atoms with Crippen LogP contribution in [-0.2, 0) is 36.9 Å². The molecular weight excluding hydrogens is 767 g/mol. The molecule has 0 saturated heterocycles. The maximum Gasteiger partial charge on any atom is 0.435 e. The van der Waals surface area contributed by atoms with Crippen molar-refractivity contribution in [2.45, 2.75) is 56.9 Å². The second kappa shape index (κ2) is 13.1. The Morgan fingerprint density at radius 3 is 2.41 bits per heavy atom. The van der Waals surface area contributed by atoms with Gasteiger partial charge in [0.15, 0.2) is 11.5 Å². The fourth-order valence-corrected chi connectivity index (χ4v) is 7.69. The van der Waals surface area contributed by atoms with E-state index in [1.54, 1.807) is 48.4 Å². The van der Waals surface area contributed by atoms with Crippen LogP contribution in [0.3, 0.4) is 0 Å². The second-order valence-electron chi connectivity index (χ2n) is 14.0. The molecule has 0 radical (unpaired) electrons. The minimum atomic E-state index is -5.11. The first-order valence-corrected chi connectivity index (χ1v) is 17.6. The Bertz CT molecular complexity index is 2630. The number of nitrogen functional groups attached to an aromatic ring is 1. The van der Waals surface area contributed by atoms with E-state index >= 15 is 8.78 Å². The van der Waals surface area contributed by atoms with Crippen LogP contribution in [0.15, 0.2) is 54.9 Å². The van der Waals surface area contributed by atoms with Crippen LogP contribution < -0.4 is 11.1 Å². The summed E-state index contributed by atoms with van der Waals surface area (Å²) < 4.78 is 106. The van der Waals surface area contributed by atoms with Gasteiger partial charge in [-0.2, -0.15) is 37.2 Å². The topological polar surface area (TPSA) is 121 Å². The number of benzene rings is 2. The molecular formula is C38H29ClF7N9O. The molecule has 1 amide bonds. The van der Waals surface area contributed by atoms with Gasteiger partial charge in [0, 0.05) is 47.6 Å². The summed E-state index contributed by atoms with van der Waals surface area (Å²) in [6, 6.07) is 8.14. The molecule has 4 aromatic heterocycles. The number of anilines is 1. The fraction of sp³-hybridized carbons (Fsp3) is 0.289. The van der Waals surface area contributed by atoms with Crippen LogP contribution in [0.2, 0.25) is 5.02 Å². The van der Waals surface area contributed by atoms with Gasteiger partial charge in [-0.05, 0) is 50.1 Å². The van der Waals surface area contributed by atoms with Crippen molar-refractivity contribution in [2.24, 2.45) is 13.0 Å². The number of nitrogens with two attached hydrogens (primary N) is 1. The van der Waals surface area contributed by atoms with Crippen molar-refractivity contribution in [2.75, 3.05) is 5.73 Å². The molecule has 2 aliphatic carbocycles. The number of fused-ring (bicyclic) bond motifs is 4. The van der Waals surface area contributed by atoms with Gasteiger partial charge < -0.3 is 11.1 Å². The molecule has 10 nitrogen and oxygen atoms in total. The molecule has 56 heavy (non-hydrogen) atoms. The van der Waals surface area contributed by atoms with E-state index in [0.717, 1.165) is 12.1 Å². The molecule has 0 saturated carbocycles. The Morgan fingerprint density at radius 1 is 1.05 bits per heavy atom. The largest absolute Gasteiger partial charge is 0.435 e. The first-order chi connectivity index (χ1) is 26.4. The smallest absolute Gasteiger partial charge is 0.382 e. The first kappa shape index (κ1) is 37.1. The van der Waals surface area contributed by atoms with Crippen LogP contribution in [0.25, 0.3) is 33.3 Å². The second-order valence-corrected chi connectivity index (χ2v) is 14.4. The fourth-order valence-electron chi connectivity index (χ4n) is 7.45. The van der Waals surface area contributed by atoms with Crippen LogP contribution >= 0.6 is 11.6 Å². The number of carbonyl (C=O) groups is 1. The van der Waals surface area contributed by atoms with Gasteiger partial charge in [-0.3, -0.25) is 18.8 Å². The minimum absolute atomic E-state index is 0.00852. The minimum Gasteiger partial charge on any atom is -0.382 e. The molecule has 6 aromatic rings. The molecule has 0 unspecified atom stereocenters. The highest BCUT2D eigenvalue weighted by molar-refractivity contribution is 6.37. The zero-order valence-corrected chi connectivity index (χ0v) is 30.3. The Kier molecular flexibility index (Phi) is 8.68. The van der Waals surface area contributed by atoms with E-state index in [0.29, 0.717) is 49.1 Å². The van der Waals surface area contributed by atoms with E-state index in [2.05, 4.69) is 32.5 Å². The van der Waals surface area contributed by atoms with Crippen LogP contribution in [0.5, 0.6) is 0 Å². The number of pyridine rings is 1. The van der Waals surface area contributed by atoms with Gasteiger partial charge in [0.1, 0.15) is 29.8 Å². The lowest BCUT2D eigenvalue weighted by Gasteiger charge is -2.24. The average Bonchev–Trinajstić information content (AvgIpc) is 3.82. The molecule has 0 fully saturated rings. The average molecular weight is 796 g/mol. The summed E-state index contributed by atoms with van der Waals surface area (Å²) >= 11 is 6.54. The third-order valence-electron chi connectivity index (χ3n) is 9.93. The Morgan fingerprint density at radius 2 is 1.77 bits per heavy atom. The van der Waals surface area contributed by atoms with Crippen molar-refractivity contribution in [1.82, 2.24) is 39.6 Å². The third kappa shape index (κ3) is 6.12. The van der Waals surface area contributed by atoms with Gasteiger partial charge in [-0.25, -0.2) is 13.8 Å². The first-order valence-electron chi connectivity index (χ1n) is 17.2. The van der Waals surface area contributed by atoms with Crippen LogP contribution in [-0.4, -0.2) is 40.2 Å². The number of halogens is 8. The van der Waals surface area contributed by atoms with E-state index < -0.39 is 71.0 Å². The van der Waals surface area contributed by atoms with E-state index in [-0.39, 0.29) is 29.5 Å². The van der Waals surface area contributed by atoms with Gasteiger partial charge >= 0.3 is 12.1 Å². The molecule has 0 bridgehead atoms. The van der Waals surface area contributed by atoms with Gasteiger partial charge in [0.05, 0.1) is 45.5 Å². The molecule has 18 heteroatoms. The summed E-state index contributed by atoms with van der Waals surface area (Å²) in [4.78, 5) is 18.9. The predicted molar refractivity (Wildman–Crippen MR) is 191 cm³/mol. The summed E-state index contributed by atoms with van der Waals surface area (Å²) in [5, 5.41) is 15.6. The molecule has 0 spiro atoms. The molecule has 4 heterocycles. The number of aryl methyl sites for hydroxylation is 1. The summed E-state index contributed by atoms with van der Waals surface area (Å²) in [7, 11) is 1.64. The lowest BCUT2D eigenvalue weighted by Crippen LogP contribution is -2.36. The maximum atomic E-state index is 15.5. The van der Waals surface area contributed by atoms with E-state index in [1.165, 1.54) is 4.68 Å². The molecule has 3 atom stereocenters. The van der Waals surface area contributed by atoms with Crippen molar-refractivity contribution in [3.8, 4) is 34.2 Å². The van der Waals surface area contributed by atoms with Crippen LogP contribution in [0, 0.1) is 29.4 Å². The van der Waals surface area contributed by atoms with Crippen LogP contribution in [0.1, 0.15) is 60.1 Å². The molecule has 8 rings (SSSR count). The predicted octanol–water partition coefficient (Wildman–Crippen LogP) is 7.73. The van der Waals surface area contributed by atoms with Gasteiger partial charge in [-0.1, -0.05) is 35.6 Å². The Hall–Kier alpha value is -5.89. The van der Waals surface area contributed by atoms with Crippen molar-refractivity contribution in [3.05, 3.63) is 99.7 Å². The SMILES string of the molecule is CC(C)n1cc(-c2ccc(-c3ccc(Cl)c4c(N)nn(C)c34)c([C@H](Cc3cc(F)cc(F)c3)NC(=O)Cn3nc(C(F)(F)F)c4c3C(F)(F)[C@@H]3C#C[C@H]43)n2)cn1. The number of carbonyl (C=O) groups excluding carboxylic acids is 1. The Balaban J connectivity index is 1.28. The van der Waals surface area contributed by atoms with E-state index in [4.69, 9.17) is 22.3 Å². The molecule has 3 N–H and O–H groups in total. The highest BCUT2D eigenvalue weighted by atomic mass is 35.5. The van der Waals surface area contributed by atoms with Gasteiger partial charge in [-0.15, -0.1) is 0 Å². The van der Waals surface area contributed by atoms with E-state index in [9.17, 15) is 26.7 Å². The number of nitrogens with one attached hydrogen (secondary N) is 1. The number of nitrogens with zero attached hydrogens (tertiary/aromatic N) is 7. The van der Waals surface area contributed by atoms with Crippen molar-refractivity contribution >= 4 is 34.2 Å². The quantitative estimate of drug-likeness (QED) is 0.114. The number of aromatic nitrogens is 7. The van der Waals surface area contributed by atoms with Crippen LogP contribution in [0.4, 0.5) is 36.6 Å². The zero-order valence-electron chi connectivity index (χ0n) is 29.6. The van der Waals surface area contributed by atoms with Crippen molar-refractivity contribution in [1.29, 1.82) is 0 Å². The maximum absolute atomic E-state index is 15.5. The highest BCUT2D eigenvalue weighted by Crippen LogP contribution is 2.58. The van der Waals surface area contributed by atoms with Crippen molar-refractivity contribution in [3.63, 3.8) is 0 Å². The standard InChI is InChI=1S/C38H29ClF7N9O/c1-17(2)54-15-19(14-48-54)27-9-6-22(23-5-8-26(39)31-33(23)53(3)52-36(31)47)32(50-27)28(12-18-10-20(40)13-21(41)11-18)49-29(56)16-55-35-30(34(51-55)38(44,45)46)24-4-7-25(24)37(35,42)43/h5-6,8-11,13-15,17,24-25,28H,12,16H2,1-3H3,(H2,47,52)(H,49,56)/t24-,25+,28-/m0/s1.